The molecule has 0 aliphatic carbocycles. The van der Waals surface area contributed by atoms with Crippen LogP contribution in [-0.2, 0) is 24.8 Å². The Bertz CT molecular complexity index is 1060. The van der Waals surface area contributed by atoms with Crippen LogP contribution in [-0.4, -0.2) is 48.3 Å². The molecule has 2 aromatic carbocycles. The lowest BCUT2D eigenvalue weighted by Gasteiger charge is -2.15. The molecule has 2 rings (SSSR count). The van der Waals surface area contributed by atoms with E-state index in [1.165, 1.54) is 63.7 Å². The number of rotatable bonds is 6. The lowest BCUT2D eigenvalue weighted by atomic mass is 10.2. The normalized spacial score (nSPS) is 12.0. The van der Waals surface area contributed by atoms with Gasteiger partial charge in [0.25, 0.3) is 10.0 Å². The van der Waals surface area contributed by atoms with Crippen molar-refractivity contribution in [1.82, 2.24) is 4.31 Å². The summed E-state index contributed by atoms with van der Waals surface area (Å²) in [6, 6.07) is 9.41. The molecule has 0 unspecified atom stereocenters. The van der Waals surface area contributed by atoms with Crippen LogP contribution in [0.2, 0.25) is 0 Å². The molecule has 0 fully saturated rings. The third-order valence-electron chi connectivity index (χ3n) is 3.82. The quantitative estimate of drug-likeness (QED) is 0.725. The predicted molar refractivity (Wildman–Crippen MR) is 101 cm³/mol. The van der Waals surface area contributed by atoms with Gasteiger partial charge >= 0.3 is 5.97 Å². The SMILES string of the molecule is COC(=O)c1ccc(S(=O)(=O)Nc2cc(S(=O)(=O)N(C)C)ccc2C)cc1. The standard InChI is InChI=1S/C17H20N2O6S2/c1-12-5-8-15(27(23,24)19(2)3)11-16(12)18-26(21,22)14-9-6-13(7-10-14)17(20)25-4/h5-11,18H,1-4H3. The van der Waals surface area contributed by atoms with Crippen molar-refractivity contribution in [3.8, 4) is 0 Å². The summed E-state index contributed by atoms with van der Waals surface area (Å²) in [5, 5.41) is 0. The molecule has 0 spiro atoms. The highest BCUT2D eigenvalue weighted by atomic mass is 32.2. The topological polar surface area (TPSA) is 110 Å². The Hall–Kier alpha value is -2.43. The predicted octanol–water partition coefficient (Wildman–Crippen LogP) is 1.83. The maximum Gasteiger partial charge on any atom is 0.337 e. The maximum atomic E-state index is 12.6. The number of ether oxygens (including phenoxy) is 1. The zero-order valence-electron chi connectivity index (χ0n) is 15.3. The van der Waals surface area contributed by atoms with Crippen molar-refractivity contribution in [2.24, 2.45) is 0 Å². The Morgan fingerprint density at radius 2 is 1.52 bits per heavy atom. The van der Waals surface area contributed by atoms with Gasteiger partial charge in [-0.25, -0.2) is 25.9 Å². The van der Waals surface area contributed by atoms with Gasteiger partial charge in [-0.05, 0) is 48.9 Å². The van der Waals surface area contributed by atoms with Crippen molar-refractivity contribution in [3.05, 3.63) is 53.6 Å². The smallest absolute Gasteiger partial charge is 0.337 e. The Balaban J connectivity index is 2.39. The first-order valence-corrected chi connectivity index (χ1v) is 10.7. The van der Waals surface area contributed by atoms with Crippen molar-refractivity contribution < 1.29 is 26.4 Å². The van der Waals surface area contributed by atoms with Gasteiger partial charge in [-0.1, -0.05) is 6.07 Å². The summed E-state index contributed by atoms with van der Waals surface area (Å²) < 4.78 is 57.8. The van der Waals surface area contributed by atoms with E-state index in [0.29, 0.717) is 5.56 Å². The molecule has 8 nitrogen and oxygen atoms in total. The number of carbonyl (C=O) groups excluding carboxylic acids is 1. The summed E-state index contributed by atoms with van der Waals surface area (Å²) in [5.74, 6) is -0.579. The molecule has 0 radical (unpaired) electrons. The van der Waals surface area contributed by atoms with Crippen LogP contribution in [0.4, 0.5) is 5.69 Å². The third kappa shape index (κ3) is 4.46. The summed E-state index contributed by atoms with van der Waals surface area (Å²) in [5.41, 5.74) is 0.920. The summed E-state index contributed by atoms with van der Waals surface area (Å²) in [4.78, 5) is 11.3. The number of nitrogens with one attached hydrogen (secondary N) is 1. The molecular formula is C17H20N2O6S2. The maximum absolute atomic E-state index is 12.6. The average molecular weight is 412 g/mol. The fraction of sp³-hybridized carbons (Fsp3) is 0.235. The van der Waals surface area contributed by atoms with E-state index in [1.54, 1.807) is 6.92 Å². The number of aryl methyl sites for hydroxylation is 1. The second kappa shape index (κ2) is 7.67. The Morgan fingerprint density at radius 1 is 0.963 bits per heavy atom. The molecule has 0 amide bonds. The molecule has 1 N–H and O–H groups in total. The molecule has 0 heterocycles. The summed E-state index contributed by atoms with van der Waals surface area (Å²) >= 11 is 0. The summed E-state index contributed by atoms with van der Waals surface area (Å²) in [6.07, 6.45) is 0. The number of anilines is 1. The van der Waals surface area contributed by atoms with Crippen LogP contribution in [0.25, 0.3) is 0 Å². The fourth-order valence-corrected chi connectivity index (χ4v) is 4.22. The van der Waals surface area contributed by atoms with E-state index in [0.717, 1.165) is 4.31 Å². The monoisotopic (exact) mass is 412 g/mol. The van der Waals surface area contributed by atoms with Crippen LogP contribution >= 0.6 is 0 Å². The lowest BCUT2D eigenvalue weighted by Crippen LogP contribution is -2.22. The second-order valence-electron chi connectivity index (χ2n) is 5.89. The van der Waals surface area contributed by atoms with Crippen LogP contribution < -0.4 is 4.72 Å². The van der Waals surface area contributed by atoms with Gasteiger partial charge in [0.2, 0.25) is 10.0 Å². The number of carbonyl (C=O) groups is 1. The minimum absolute atomic E-state index is 0.0307. The molecule has 10 heteroatoms. The van der Waals surface area contributed by atoms with Crippen molar-refractivity contribution >= 4 is 31.7 Å². The van der Waals surface area contributed by atoms with Crippen LogP contribution in [0.1, 0.15) is 15.9 Å². The van der Waals surface area contributed by atoms with Crippen molar-refractivity contribution in [1.29, 1.82) is 0 Å². The molecule has 0 saturated heterocycles. The molecule has 0 aliphatic rings. The first-order chi connectivity index (χ1) is 12.5. The van der Waals surface area contributed by atoms with Gasteiger partial charge in [0.05, 0.1) is 28.2 Å². The van der Waals surface area contributed by atoms with Crippen molar-refractivity contribution in [2.75, 3.05) is 25.9 Å². The van der Waals surface area contributed by atoms with E-state index < -0.39 is 26.0 Å². The number of hydrogen-bond donors (Lipinski definition) is 1. The molecule has 146 valence electrons. The first kappa shape index (κ1) is 20.9. The highest BCUT2D eigenvalue weighted by Crippen LogP contribution is 2.24. The molecular weight excluding hydrogens is 392 g/mol. The Kier molecular flexibility index (Phi) is 5.93. The number of nitrogens with zero attached hydrogens (tertiary/aromatic N) is 1. The highest BCUT2D eigenvalue weighted by molar-refractivity contribution is 7.92. The van der Waals surface area contributed by atoms with Crippen LogP contribution in [0.3, 0.4) is 0 Å². The highest BCUT2D eigenvalue weighted by Gasteiger charge is 2.21. The van der Waals surface area contributed by atoms with Gasteiger partial charge in [-0.2, -0.15) is 0 Å². The van der Waals surface area contributed by atoms with Crippen molar-refractivity contribution in [3.63, 3.8) is 0 Å². The number of esters is 1. The molecule has 2 aromatic rings. The minimum Gasteiger partial charge on any atom is -0.465 e. The van der Waals surface area contributed by atoms with Gasteiger partial charge in [-0.3, -0.25) is 4.72 Å². The van der Waals surface area contributed by atoms with Crippen LogP contribution in [0, 0.1) is 6.92 Å². The average Bonchev–Trinajstić information content (AvgIpc) is 2.62. The molecule has 0 aromatic heterocycles. The molecule has 0 atom stereocenters. The lowest BCUT2D eigenvalue weighted by molar-refractivity contribution is 0.0600. The van der Waals surface area contributed by atoms with E-state index in [2.05, 4.69) is 9.46 Å². The Labute approximate surface area is 158 Å². The second-order valence-corrected chi connectivity index (χ2v) is 9.72. The van der Waals surface area contributed by atoms with E-state index in [1.807, 2.05) is 0 Å². The summed E-state index contributed by atoms with van der Waals surface area (Å²) in [7, 11) is -3.68. The van der Waals surface area contributed by atoms with Gasteiger partial charge < -0.3 is 4.74 Å². The van der Waals surface area contributed by atoms with Crippen LogP contribution in [0.5, 0.6) is 0 Å². The van der Waals surface area contributed by atoms with Crippen molar-refractivity contribution in [2.45, 2.75) is 16.7 Å². The van der Waals surface area contributed by atoms with Gasteiger partial charge in [0, 0.05) is 14.1 Å². The largest absolute Gasteiger partial charge is 0.465 e. The van der Waals surface area contributed by atoms with E-state index in [4.69, 9.17) is 0 Å². The molecule has 0 saturated carbocycles. The summed E-state index contributed by atoms with van der Waals surface area (Å²) in [6.45, 7) is 1.66. The number of benzene rings is 2. The zero-order chi connectivity index (χ0) is 20.4. The molecule has 27 heavy (non-hydrogen) atoms. The third-order valence-corrected chi connectivity index (χ3v) is 7.01. The van der Waals surface area contributed by atoms with E-state index in [9.17, 15) is 21.6 Å². The van der Waals surface area contributed by atoms with Gasteiger partial charge in [-0.15, -0.1) is 0 Å². The molecule has 0 aliphatic heterocycles. The molecule has 0 bridgehead atoms. The van der Waals surface area contributed by atoms with Gasteiger partial charge in [0.15, 0.2) is 0 Å². The Morgan fingerprint density at radius 3 is 2.04 bits per heavy atom. The fourth-order valence-electron chi connectivity index (χ4n) is 2.17. The van der Waals surface area contributed by atoms with E-state index >= 15 is 0 Å². The minimum atomic E-state index is -3.98. The first-order valence-electron chi connectivity index (χ1n) is 7.73. The van der Waals surface area contributed by atoms with Crippen LogP contribution in [0.15, 0.2) is 52.3 Å². The number of methoxy groups -OCH3 is 1. The van der Waals surface area contributed by atoms with E-state index in [-0.39, 0.29) is 21.0 Å². The number of sulfonamides is 2. The van der Waals surface area contributed by atoms with Gasteiger partial charge in [0.1, 0.15) is 0 Å². The zero-order valence-corrected chi connectivity index (χ0v) is 16.9. The number of hydrogen-bond acceptors (Lipinski definition) is 6.